The molecule has 5 nitrogen and oxygen atoms in total. The zero-order valence-corrected chi connectivity index (χ0v) is 13.8. The molecule has 0 saturated carbocycles. The molecule has 126 valence electrons. The monoisotopic (exact) mass is 322 g/mol. The molecular formula is C17H23FN2O3. The summed E-state index contributed by atoms with van der Waals surface area (Å²) in [6, 6.07) is 5.23. The molecule has 0 bridgehead atoms. The van der Waals surface area contributed by atoms with Crippen LogP contribution in [0.4, 0.5) is 4.39 Å². The van der Waals surface area contributed by atoms with Gasteiger partial charge in [0.25, 0.3) is 0 Å². The Balaban J connectivity index is 2.23. The van der Waals surface area contributed by atoms with Crippen LogP contribution in [-0.4, -0.2) is 56.0 Å². The van der Waals surface area contributed by atoms with Crippen LogP contribution in [0.2, 0.25) is 0 Å². The number of halogens is 1. The molecule has 0 unspecified atom stereocenters. The van der Waals surface area contributed by atoms with Crippen LogP contribution in [-0.2, 0) is 14.3 Å². The third-order valence-electron chi connectivity index (χ3n) is 4.22. The van der Waals surface area contributed by atoms with Crippen LogP contribution in [0.3, 0.4) is 0 Å². The smallest absolute Gasteiger partial charge is 0.327 e. The van der Waals surface area contributed by atoms with Crippen molar-refractivity contribution in [2.24, 2.45) is 5.92 Å². The van der Waals surface area contributed by atoms with Crippen LogP contribution < -0.4 is 0 Å². The highest BCUT2D eigenvalue weighted by Crippen LogP contribution is 2.28. The summed E-state index contributed by atoms with van der Waals surface area (Å²) in [6.07, 6.45) is 1.64. The zero-order valence-electron chi connectivity index (χ0n) is 13.8. The lowest BCUT2D eigenvalue weighted by atomic mass is 9.93. The molecule has 0 radical (unpaired) electrons. The van der Waals surface area contributed by atoms with E-state index in [4.69, 9.17) is 4.74 Å². The van der Waals surface area contributed by atoms with Crippen molar-refractivity contribution < 1.29 is 18.7 Å². The van der Waals surface area contributed by atoms with Gasteiger partial charge in [0.2, 0.25) is 5.91 Å². The molecule has 2 atom stereocenters. The third-order valence-corrected chi connectivity index (χ3v) is 4.22. The van der Waals surface area contributed by atoms with Crippen LogP contribution in [0.1, 0.15) is 24.4 Å². The van der Waals surface area contributed by atoms with E-state index in [1.807, 2.05) is 4.90 Å². The lowest BCUT2D eigenvalue weighted by Crippen LogP contribution is -2.46. The number of ether oxygens (including phenoxy) is 1. The first-order valence-electron chi connectivity index (χ1n) is 7.72. The number of carbonyl (C=O) groups excluding carboxylic acids is 2. The predicted octanol–water partition coefficient (Wildman–Crippen LogP) is 1.84. The minimum atomic E-state index is -0.613. The van der Waals surface area contributed by atoms with E-state index in [-0.39, 0.29) is 17.6 Å². The lowest BCUT2D eigenvalue weighted by molar-refractivity contribution is -0.149. The number of esters is 1. The highest BCUT2D eigenvalue weighted by molar-refractivity contribution is 5.80. The number of rotatable bonds is 4. The van der Waals surface area contributed by atoms with Gasteiger partial charge in [-0.15, -0.1) is 0 Å². The Labute approximate surface area is 136 Å². The van der Waals surface area contributed by atoms with Gasteiger partial charge in [-0.2, -0.15) is 0 Å². The first kappa shape index (κ1) is 17.4. The third kappa shape index (κ3) is 4.07. The molecule has 0 aliphatic carbocycles. The van der Waals surface area contributed by atoms with Gasteiger partial charge in [-0.25, -0.2) is 9.18 Å². The molecule has 23 heavy (non-hydrogen) atoms. The summed E-state index contributed by atoms with van der Waals surface area (Å²) in [5.41, 5.74) is 0.677. The SMILES string of the molecule is COC(=O)[C@@H](c1ccc(F)cc1)N1CCC[C@H](C(=O)N(C)C)C1. The quantitative estimate of drug-likeness (QED) is 0.794. The summed E-state index contributed by atoms with van der Waals surface area (Å²) in [5, 5.41) is 0. The van der Waals surface area contributed by atoms with E-state index >= 15 is 0 Å². The number of benzene rings is 1. The van der Waals surface area contributed by atoms with Crippen LogP contribution in [0.25, 0.3) is 0 Å². The van der Waals surface area contributed by atoms with Crippen LogP contribution in [0, 0.1) is 11.7 Å². The van der Waals surface area contributed by atoms with Crippen molar-refractivity contribution in [2.45, 2.75) is 18.9 Å². The van der Waals surface area contributed by atoms with Gasteiger partial charge in [-0.3, -0.25) is 9.69 Å². The highest BCUT2D eigenvalue weighted by atomic mass is 19.1. The van der Waals surface area contributed by atoms with Crippen LogP contribution in [0.15, 0.2) is 24.3 Å². The van der Waals surface area contributed by atoms with Gasteiger partial charge in [0.15, 0.2) is 0 Å². The van der Waals surface area contributed by atoms with Crippen molar-refractivity contribution >= 4 is 11.9 Å². The fraction of sp³-hybridized carbons (Fsp3) is 0.529. The summed E-state index contributed by atoms with van der Waals surface area (Å²) in [6.45, 7) is 1.20. The molecule has 1 amide bonds. The number of piperidine rings is 1. The summed E-state index contributed by atoms with van der Waals surface area (Å²) in [4.78, 5) is 28.0. The van der Waals surface area contributed by atoms with Crippen molar-refractivity contribution in [3.8, 4) is 0 Å². The second-order valence-corrected chi connectivity index (χ2v) is 6.04. The number of methoxy groups -OCH3 is 1. The number of amides is 1. The maximum absolute atomic E-state index is 13.2. The molecule has 0 aromatic heterocycles. The Hall–Kier alpha value is -1.95. The van der Waals surface area contributed by atoms with Gasteiger partial charge in [-0.1, -0.05) is 12.1 Å². The Morgan fingerprint density at radius 3 is 2.52 bits per heavy atom. The molecule has 1 aliphatic rings. The number of nitrogens with zero attached hydrogens (tertiary/aromatic N) is 2. The van der Waals surface area contributed by atoms with Crippen molar-refractivity contribution in [3.63, 3.8) is 0 Å². The second-order valence-electron chi connectivity index (χ2n) is 6.04. The van der Waals surface area contributed by atoms with Gasteiger partial charge in [0.1, 0.15) is 11.9 Å². The van der Waals surface area contributed by atoms with Crippen molar-refractivity contribution in [2.75, 3.05) is 34.3 Å². The van der Waals surface area contributed by atoms with E-state index in [1.165, 1.54) is 19.2 Å². The molecule has 1 saturated heterocycles. The zero-order chi connectivity index (χ0) is 17.0. The number of hydrogen-bond acceptors (Lipinski definition) is 4. The fourth-order valence-corrected chi connectivity index (χ4v) is 3.06. The minimum Gasteiger partial charge on any atom is -0.468 e. The lowest BCUT2D eigenvalue weighted by Gasteiger charge is -2.37. The number of hydrogen-bond donors (Lipinski definition) is 0. The van der Waals surface area contributed by atoms with Crippen molar-refractivity contribution in [1.29, 1.82) is 0 Å². The average molecular weight is 322 g/mol. The van der Waals surface area contributed by atoms with Gasteiger partial charge >= 0.3 is 5.97 Å². The largest absolute Gasteiger partial charge is 0.468 e. The Morgan fingerprint density at radius 1 is 1.30 bits per heavy atom. The molecule has 1 aromatic rings. The Morgan fingerprint density at radius 2 is 1.96 bits per heavy atom. The summed E-state index contributed by atoms with van der Waals surface area (Å²) in [5.74, 6) is -0.810. The molecule has 6 heteroatoms. The molecular weight excluding hydrogens is 299 g/mol. The van der Waals surface area contributed by atoms with Gasteiger partial charge in [0, 0.05) is 20.6 Å². The minimum absolute atomic E-state index is 0.0671. The number of carbonyl (C=O) groups is 2. The topological polar surface area (TPSA) is 49.9 Å². The van der Waals surface area contributed by atoms with Gasteiger partial charge in [-0.05, 0) is 37.1 Å². The van der Waals surface area contributed by atoms with Crippen molar-refractivity contribution in [3.05, 3.63) is 35.6 Å². The Bertz CT molecular complexity index is 559. The van der Waals surface area contributed by atoms with E-state index in [0.717, 1.165) is 12.8 Å². The maximum Gasteiger partial charge on any atom is 0.327 e. The van der Waals surface area contributed by atoms with Gasteiger partial charge in [0.05, 0.1) is 13.0 Å². The summed E-state index contributed by atoms with van der Waals surface area (Å²) >= 11 is 0. The standard InChI is InChI=1S/C17H23FN2O3/c1-19(2)16(21)13-5-4-10-20(11-13)15(17(22)23-3)12-6-8-14(18)9-7-12/h6-9,13,15H,4-5,10-11H2,1-3H3/t13-,15+/m0/s1. The van der Waals surface area contributed by atoms with E-state index in [1.54, 1.807) is 31.1 Å². The maximum atomic E-state index is 13.2. The van der Waals surface area contributed by atoms with Crippen LogP contribution in [0.5, 0.6) is 0 Å². The normalized spacial score (nSPS) is 19.9. The van der Waals surface area contributed by atoms with E-state index < -0.39 is 12.0 Å². The first-order chi connectivity index (χ1) is 10.9. The number of likely N-dealkylation sites (tertiary alicyclic amines) is 1. The average Bonchev–Trinajstić information content (AvgIpc) is 2.56. The molecule has 2 rings (SSSR count). The Kier molecular flexibility index (Phi) is 5.71. The van der Waals surface area contributed by atoms with E-state index in [2.05, 4.69) is 0 Å². The molecule has 0 spiro atoms. The van der Waals surface area contributed by atoms with E-state index in [9.17, 15) is 14.0 Å². The highest BCUT2D eigenvalue weighted by Gasteiger charge is 2.35. The van der Waals surface area contributed by atoms with Gasteiger partial charge < -0.3 is 9.64 Å². The molecule has 1 aliphatic heterocycles. The van der Waals surface area contributed by atoms with E-state index in [0.29, 0.717) is 18.7 Å². The van der Waals surface area contributed by atoms with Crippen LogP contribution >= 0.6 is 0 Å². The molecule has 1 heterocycles. The predicted molar refractivity (Wildman–Crippen MR) is 84.1 cm³/mol. The molecule has 1 aromatic carbocycles. The molecule has 1 fully saturated rings. The first-order valence-corrected chi connectivity index (χ1v) is 7.72. The summed E-state index contributed by atoms with van der Waals surface area (Å²) < 4.78 is 18.1. The second kappa shape index (κ2) is 7.55. The molecule has 0 N–H and O–H groups in total. The van der Waals surface area contributed by atoms with Crippen molar-refractivity contribution in [1.82, 2.24) is 9.80 Å². The summed E-state index contributed by atoms with van der Waals surface area (Å²) in [7, 11) is 4.81. The fourth-order valence-electron chi connectivity index (χ4n) is 3.06.